The highest BCUT2D eigenvalue weighted by Gasteiger charge is 2.44. The Morgan fingerprint density at radius 1 is 1.41 bits per heavy atom. The number of ether oxygens (including phenoxy) is 1. The second-order valence-corrected chi connectivity index (χ2v) is 5.68. The lowest BCUT2D eigenvalue weighted by Gasteiger charge is -2.31. The minimum atomic E-state index is 0.0929. The summed E-state index contributed by atoms with van der Waals surface area (Å²) in [5.74, 6) is 1.07. The van der Waals surface area contributed by atoms with Crippen LogP contribution in [-0.4, -0.2) is 49.2 Å². The van der Waals surface area contributed by atoms with Crippen molar-refractivity contribution in [2.75, 3.05) is 26.2 Å². The first kappa shape index (κ1) is 11.5. The van der Waals surface area contributed by atoms with Crippen LogP contribution < -0.4 is 5.32 Å². The highest BCUT2D eigenvalue weighted by molar-refractivity contribution is 5.79. The molecule has 3 unspecified atom stereocenters. The predicted molar refractivity (Wildman–Crippen MR) is 64.6 cm³/mol. The molecule has 3 aliphatic rings. The van der Waals surface area contributed by atoms with Gasteiger partial charge in [0.05, 0.1) is 18.1 Å². The summed E-state index contributed by atoms with van der Waals surface area (Å²) in [5, 5.41) is 3.09. The SMILES string of the molecule is CCN1CC2CC(C(=O)NCC3CC3)C(C1)O2. The molecule has 0 spiro atoms. The number of fused-ring (bicyclic) bond motifs is 2. The molecule has 3 atom stereocenters. The van der Waals surface area contributed by atoms with Crippen molar-refractivity contribution in [1.29, 1.82) is 0 Å². The van der Waals surface area contributed by atoms with Crippen LogP contribution in [0.4, 0.5) is 0 Å². The van der Waals surface area contributed by atoms with Gasteiger partial charge in [-0.2, -0.15) is 0 Å². The van der Waals surface area contributed by atoms with E-state index in [1.807, 2.05) is 0 Å². The van der Waals surface area contributed by atoms with E-state index in [-0.39, 0.29) is 24.0 Å². The molecular weight excluding hydrogens is 216 g/mol. The molecule has 0 aromatic heterocycles. The molecular formula is C13H22N2O2. The molecule has 96 valence electrons. The third-order valence-corrected chi connectivity index (χ3v) is 4.28. The number of nitrogens with zero attached hydrogens (tertiary/aromatic N) is 1. The third-order valence-electron chi connectivity index (χ3n) is 4.28. The average molecular weight is 238 g/mol. The Hall–Kier alpha value is -0.610. The predicted octanol–water partition coefficient (Wildman–Crippen LogP) is 0.622. The molecule has 0 aromatic carbocycles. The van der Waals surface area contributed by atoms with Crippen molar-refractivity contribution in [3.05, 3.63) is 0 Å². The van der Waals surface area contributed by atoms with Gasteiger partial charge in [-0.1, -0.05) is 6.92 Å². The molecule has 1 amide bonds. The Morgan fingerprint density at radius 3 is 2.94 bits per heavy atom. The fourth-order valence-electron chi connectivity index (χ4n) is 2.97. The molecule has 3 fully saturated rings. The van der Waals surface area contributed by atoms with E-state index in [1.165, 1.54) is 12.8 Å². The van der Waals surface area contributed by atoms with Gasteiger partial charge >= 0.3 is 0 Å². The summed E-state index contributed by atoms with van der Waals surface area (Å²) in [5.41, 5.74) is 0. The van der Waals surface area contributed by atoms with Crippen molar-refractivity contribution in [3.8, 4) is 0 Å². The lowest BCUT2D eigenvalue weighted by molar-refractivity contribution is -0.128. The van der Waals surface area contributed by atoms with E-state index >= 15 is 0 Å². The van der Waals surface area contributed by atoms with Crippen LogP contribution in [0.15, 0.2) is 0 Å². The number of likely N-dealkylation sites (N-methyl/N-ethyl adjacent to an activating group) is 1. The summed E-state index contributed by atoms with van der Waals surface area (Å²) >= 11 is 0. The molecule has 0 aromatic rings. The van der Waals surface area contributed by atoms with Crippen LogP contribution >= 0.6 is 0 Å². The minimum Gasteiger partial charge on any atom is -0.371 e. The second kappa shape index (κ2) is 4.58. The molecule has 4 heteroatoms. The maximum atomic E-state index is 12.1. The summed E-state index contributed by atoms with van der Waals surface area (Å²) in [6.45, 7) is 6.04. The van der Waals surface area contributed by atoms with E-state index < -0.39 is 0 Å². The van der Waals surface area contributed by atoms with E-state index in [0.717, 1.165) is 38.5 Å². The first-order valence-electron chi connectivity index (χ1n) is 6.91. The smallest absolute Gasteiger partial charge is 0.225 e. The number of carbonyl (C=O) groups excluding carboxylic acids is 1. The van der Waals surface area contributed by atoms with E-state index in [4.69, 9.17) is 4.74 Å². The van der Waals surface area contributed by atoms with Gasteiger partial charge in [0.2, 0.25) is 5.91 Å². The van der Waals surface area contributed by atoms with Crippen LogP contribution in [0.1, 0.15) is 26.2 Å². The largest absolute Gasteiger partial charge is 0.371 e. The van der Waals surface area contributed by atoms with Crippen molar-refractivity contribution in [3.63, 3.8) is 0 Å². The number of hydrogen-bond acceptors (Lipinski definition) is 3. The Morgan fingerprint density at radius 2 is 2.24 bits per heavy atom. The van der Waals surface area contributed by atoms with Crippen molar-refractivity contribution in [2.24, 2.45) is 11.8 Å². The average Bonchev–Trinajstić information content (AvgIpc) is 3.12. The molecule has 0 radical (unpaired) electrons. The van der Waals surface area contributed by atoms with Crippen LogP contribution in [-0.2, 0) is 9.53 Å². The summed E-state index contributed by atoms with van der Waals surface area (Å²) < 4.78 is 5.88. The molecule has 2 aliphatic heterocycles. The van der Waals surface area contributed by atoms with Gasteiger partial charge < -0.3 is 10.1 Å². The number of hydrogen-bond donors (Lipinski definition) is 1. The normalized spacial score (nSPS) is 37.1. The minimum absolute atomic E-state index is 0.0929. The van der Waals surface area contributed by atoms with E-state index in [1.54, 1.807) is 0 Å². The zero-order valence-corrected chi connectivity index (χ0v) is 10.5. The van der Waals surface area contributed by atoms with Crippen LogP contribution in [0.3, 0.4) is 0 Å². The quantitative estimate of drug-likeness (QED) is 0.781. The zero-order valence-electron chi connectivity index (χ0n) is 10.5. The lowest BCUT2D eigenvalue weighted by Crippen LogP contribution is -2.45. The van der Waals surface area contributed by atoms with Crippen molar-refractivity contribution < 1.29 is 9.53 Å². The highest BCUT2D eigenvalue weighted by atomic mass is 16.5. The topological polar surface area (TPSA) is 41.6 Å². The molecule has 1 saturated carbocycles. The molecule has 1 aliphatic carbocycles. The van der Waals surface area contributed by atoms with Gasteiger partial charge in [-0.25, -0.2) is 0 Å². The Kier molecular flexibility index (Phi) is 3.09. The maximum absolute atomic E-state index is 12.1. The van der Waals surface area contributed by atoms with Gasteiger partial charge in [-0.15, -0.1) is 0 Å². The number of nitrogens with one attached hydrogen (secondary N) is 1. The third kappa shape index (κ3) is 2.47. The van der Waals surface area contributed by atoms with Crippen molar-refractivity contribution >= 4 is 5.91 Å². The highest BCUT2D eigenvalue weighted by Crippen LogP contribution is 2.32. The van der Waals surface area contributed by atoms with Crippen LogP contribution in [0.5, 0.6) is 0 Å². The van der Waals surface area contributed by atoms with E-state index in [0.29, 0.717) is 0 Å². The molecule has 3 rings (SSSR count). The number of carbonyl (C=O) groups is 1. The molecule has 4 nitrogen and oxygen atoms in total. The van der Waals surface area contributed by atoms with Crippen molar-refractivity contribution in [1.82, 2.24) is 10.2 Å². The number of likely N-dealkylation sites (tertiary alicyclic amines) is 1. The monoisotopic (exact) mass is 238 g/mol. The lowest BCUT2D eigenvalue weighted by atomic mass is 9.99. The zero-order chi connectivity index (χ0) is 11.8. The fourth-order valence-corrected chi connectivity index (χ4v) is 2.97. The van der Waals surface area contributed by atoms with Crippen LogP contribution in [0.2, 0.25) is 0 Å². The first-order chi connectivity index (χ1) is 8.26. The summed E-state index contributed by atoms with van der Waals surface area (Å²) in [7, 11) is 0. The van der Waals surface area contributed by atoms with Gasteiger partial charge in [0.25, 0.3) is 0 Å². The standard InChI is InChI=1S/C13H22N2O2/c1-2-15-7-10-5-11(12(8-15)17-10)13(16)14-6-9-3-4-9/h9-12H,2-8H2,1H3,(H,14,16). The molecule has 2 heterocycles. The molecule has 17 heavy (non-hydrogen) atoms. The number of morpholine rings is 1. The molecule has 1 N–H and O–H groups in total. The second-order valence-electron chi connectivity index (χ2n) is 5.68. The summed E-state index contributed by atoms with van der Waals surface area (Å²) in [4.78, 5) is 14.5. The number of amides is 1. The Balaban J connectivity index is 1.54. The summed E-state index contributed by atoms with van der Waals surface area (Å²) in [6.07, 6.45) is 3.91. The molecule has 2 bridgehead atoms. The van der Waals surface area contributed by atoms with Gasteiger partial charge in [0.1, 0.15) is 0 Å². The van der Waals surface area contributed by atoms with E-state index in [2.05, 4.69) is 17.1 Å². The molecule has 2 saturated heterocycles. The number of rotatable bonds is 4. The Bertz CT molecular complexity index is 304. The van der Waals surface area contributed by atoms with Crippen LogP contribution in [0.25, 0.3) is 0 Å². The van der Waals surface area contributed by atoms with Gasteiger partial charge in [-0.05, 0) is 31.7 Å². The first-order valence-corrected chi connectivity index (χ1v) is 6.91. The van der Waals surface area contributed by atoms with Gasteiger partial charge in [-0.3, -0.25) is 9.69 Å². The Labute approximate surface area is 103 Å². The fraction of sp³-hybridized carbons (Fsp3) is 0.923. The van der Waals surface area contributed by atoms with Crippen LogP contribution in [0, 0.1) is 11.8 Å². The van der Waals surface area contributed by atoms with Gasteiger partial charge in [0, 0.05) is 19.6 Å². The van der Waals surface area contributed by atoms with Crippen molar-refractivity contribution in [2.45, 2.75) is 38.4 Å². The maximum Gasteiger partial charge on any atom is 0.225 e. The van der Waals surface area contributed by atoms with E-state index in [9.17, 15) is 4.79 Å². The summed E-state index contributed by atoms with van der Waals surface area (Å²) in [6, 6.07) is 0. The van der Waals surface area contributed by atoms with Gasteiger partial charge in [0.15, 0.2) is 0 Å².